The minimum Gasteiger partial charge on any atom is -0.472 e. The molecule has 0 spiro atoms. The number of carbonyl (C=O) groups excluding carboxylic acids is 1. The smallest absolute Gasteiger partial charge is 0.280 e. The molecule has 9 nitrogen and oxygen atoms in total. The van der Waals surface area contributed by atoms with Gasteiger partial charge in [0.1, 0.15) is 6.26 Å². The Morgan fingerprint density at radius 1 is 1.18 bits per heavy atom. The lowest BCUT2D eigenvalue weighted by atomic mass is 10.2. The van der Waals surface area contributed by atoms with Crippen LogP contribution in [0.5, 0.6) is 0 Å². The highest BCUT2D eigenvalue weighted by Crippen LogP contribution is 2.25. The van der Waals surface area contributed by atoms with Gasteiger partial charge in [0.15, 0.2) is 5.69 Å². The summed E-state index contributed by atoms with van der Waals surface area (Å²) in [7, 11) is 0. The predicted molar refractivity (Wildman–Crippen MR) is 97.0 cm³/mol. The maximum atomic E-state index is 12.4. The number of hydrogen-bond donors (Lipinski definition) is 0. The lowest BCUT2D eigenvalue weighted by Crippen LogP contribution is -2.28. The zero-order valence-electron chi connectivity index (χ0n) is 14.8. The van der Waals surface area contributed by atoms with E-state index < -0.39 is 0 Å². The van der Waals surface area contributed by atoms with E-state index in [1.807, 2.05) is 30.3 Å². The van der Waals surface area contributed by atoms with Gasteiger partial charge in [-0.3, -0.25) is 4.79 Å². The molecule has 0 saturated carbocycles. The van der Waals surface area contributed by atoms with Gasteiger partial charge < -0.3 is 13.8 Å². The minimum absolute atomic E-state index is 0.0407. The molecule has 1 amide bonds. The van der Waals surface area contributed by atoms with E-state index in [1.165, 1.54) is 12.5 Å². The van der Waals surface area contributed by atoms with Crippen molar-refractivity contribution in [1.82, 2.24) is 30.0 Å². The summed E-state index contributed by atoms with van der Waals surface area (Å²) in [6.07, 6.45) is 5.53. The van der Waals surface area contributed by atoms with Crippen molar-refractivity contribution in [2.75, 3.05) is 13.1 Å². The fraction of sp³-hybridized carbons (Fsp3) is 0.211. The van der Waals surface area contributed by atoms with Crippen LogP contribution in [0.2, 0.25) is 0 Å². The third-order valence-corrected chi connectivity index (χ3v) is 4.78. The van der Waals surface area contributed by atoms with Crippen LogP contribution in [0.25, 0.3) is 23.0 Å². The summed E-state index contributed by atoms with van der Waals surface area (Å²) in [6.45, 7) is 1.22. The summed E-state index contributed by atoms with van der Waals surface area (Å²) in [4.78, 5) is 18.6. The highest BCUT2D eigenvalue weighted by molar-refractivity contribution is 5.94. The Morgan fingerprint density at radius 2 is 2.07 bits per heavy atom. The molecule has 0 bridgehead atoms. The monoisotopic (exact) mass is 376 g/mol. The number of benzene rings is 1. The van der Waals surface area contributed by atoms with Crippen molar-refractivity contribution < 1.29 is 13.7 Å². The van der Waals surface area contributed by atoms with Crippen molar-refractivity contribution in [2.45, 2.75) is 12.5 Å². The molecule has 1 aromatic carbocycles. The number of likely N-dealkylation sites (tertiary alicyclic amines) is 1. The first kappa shape index (κ1) is 16.4. The number of nitrogens with zero attached hydrogens (tertiary/aromatic N) is 6. The Hall–Kier alpha value is -3.75. The van der Waals surface area contributed by atoms with Gasteiger partial charge in [0.2, 0.25) is 5.82 Å². The van der Waals surface area contributed by atoms with Crippen molar-refractivity contribution >= 4 is 5.91 Å². The van der Waals surface area contributed by atoms with Crippen LogP contribution in [0.4, 0.5) is 0 Å². The number of rotatable bonds is 4. The van der Waals surface area contributed by atoms with Gasteiger partial charge in [-0.15, -0.1) is 5.10 Å². The molecule has 1 aliphatic heterocycles. The molecule has 0 radical (unpaired) electrons. The zero-order chi connectivity index (χ0) is 18.9. The molecule has 5 rings (SSSR count). The van der Waals surface area contributed by atoms with Crippen molar-refractivity contribution in [3.05, 3.63) is 60.7 Å². The average Bonchev–Trinajstić information content (AvgIpc) is 3.54. The molecule has 0 aliphatic carbocycles. The zero-order valence-corrected chi connectivity index (χ0v) is 14.8. The standard InChI is InChI=1S/C19H16N6O3/c26-19(14-7-9-27-12-14)24-8-6-15(10-24)25-11-16(21-23-25)18-20-17(22-28-18)13-4-2-1-3-5-13/h1-5,7,9,11-12,15H,6,8,10H2/t15-/m0/s1. The Morgan fingerprint density at radius 3 is 2.89 bits per heavy atom. The largest absolute Gasteiger partial charge is 0.472 e. The van der Waals surface area contributed by atoms with Gasteiger partial charge in [-0.05, 0) is 12.5 Å². The molecule has 4 aromatic rings. The van der Waals surface area contributed by atoms with Gasteiger partial charge in [0, 0.05) is 18.7 Å². The van der Waals surface area contributed by atoms with E-state index in [4.69, 9.17) is 8.94 Å². The molecular weight excluding hydrogens is 360 g/mol. The van der Waals surface area contributed by atoms with E-state index in [-0.39, 0.29) is 11.9 Å². The highest BCUT2D eigenvalue weighted by Gasteiger charge is 2.29. The molecule has 1 aliphatic rings. The Labute approximate surface area is 159 Å². The van der Waals surface area contributed by atoms with Gasteiger partial charge in [-0.2, -0.15) is 4.98 Å². The van der Waals surface area contributed by atoms with Gasteiger partial charge in [0.05, 0.1) is 24.1 Å². The third-order valence-electron chi connectivity index (χ3n) is 4.78. The van der Waals surface area contributed by atoms with E-state index in [2.05, 4.69) is 20.5 Å². The molecule has 3 aromatic heterocycles. The van der Waals surface area contributed by atoms with E-state index in [0.717, 1.165) is 12.0 Å². The summed E-state index contributed by atoms with van der Waals surface area (Å²) in [5.74, 6) is 0.776. The van der Waals surface area contributed by atoms with Crippen molar-refractivity contribution in [1.29, 1.82) is 0 Å². The van der Waals surface area contributed by atoms with Crippen LogP contribution >= 0.6 is 0 Å². The van der Waals surface area contributed by atoms with E-state index in [1.54, 1.807) is 21.8 Å². The van der Waals surface area contributed by atoms with Crippen LogP contribution in [0.15, 0.2) is 64.1 Å². The quantitative estimate of drug-likeness (QED) is 0.539. The summed E-state index contributed by atoms with van der Waals surface area (Å²) in [6, 6.07) is 11.3. The van der Waals surface area contributed by atoms with Crippen molar-refractivity contribution in [2.24, 2.45) is 0 Å². The first-order valence-electron chi connectivity index (χ1n) is 8.91. The van der Waals surface area contributed by atoms with Crippen LogP contribution in [0.1, 0.15) is 22.8 Å². The number of aromatic nitrogens is 5. The minimum atomic E-state index is -0.0407. The molecule has 1 fully saturated rings. The summed E-state index contributed by atoms with van der Waals surface area (Å²) in [5.41, 5.74) is 1.93. The maximum absolute atomic E-state index is 12.4. The van der Waals surface area contributed by atoms with E-state index in [9.17, 15) is 4.79 Å². The molecule has 28 heavy (non-hydrogen) atoms. The summed E-state index contributed by atoms with van der Waals surface area (Å²) < 4.78 is 12.1. The number of carbonyl (C=O) groups is 1. The molecule has 1 atom stereocenters. The third kappa shape index (κ3) is 2.96. The van der Waals surface area contributed by atoms with Gasteiger partial charge >= 0.3 is 0 Å². The molecular formula is C19H16N6O3. The van der Waals surface area contributed by atoms with Gasteiger partial charge in [-0.1, -0.05) is 40.7 Å². The maximum Gasteiger partial charge on any atom is 0.280 e. The Kier molecular flexibility index (Phi) is 3.97. The lowest BCUT2D eigenvalue weighted by Gasteiger charge is -2.15. The Balaban J connectivity index is 1.31. The second kappa shape index (κ2) is 6.76. The Bertz CT molecular complexity index is 1090. The fourth-order valence-electron chi connectivity index (χ4n) is 3.30. The van der Waals surface area contributed by atoms with Crippen LogP contribution in [0, 0.1) is 0 Å². The van der Waals surface area contributed by atoms with Crippen molar-refractivity contribution in [3.63, 3.8) is 0 Å². The summed E-state index contributed by atoms with van der Waals surface area (Å²) in [5, 5.41) is 12.4. The second-order valence-electron chi connectivity index (χ2n) is 6.58. The lowest BCUT2D eigenvalue weighted by molar-refractivity contribution is 0.0786. The molecule has 0 N–H and O–H groups in total. The average molecular weight is 376 g/mol. The summed E-state index contributed by atoms with van der Waals surface area (Å²) >= 11 is 0. The number of hydrogen-bond acceptors (Lipinski definition) is 7. The molecule has 0 unspecified atom stereocenters. The molecule has 1 saturated heterocycles. The van der Waals surface area contributed by atoms with Crippen LogP contribution in [-0.4, -0.2) is 49.0 Å². The number of amides is 1. The van der Waals surface area contributed by atoms with Crippen molar-refractivity contribution in [3.8, 4) is 23.0 Å². The van der Waals surface area contributed by atoms with Crippen LogP contribution < -0.4 is 0 Å². The fourth-order valence-corrected chi connectivity index (χ4v) is 3.30. The van der Waals surface area contributed by atoms with Crippen LogP contribution in [0.3, 0.4) is 0 Å². The van der Waals surface area contributed by atoms with Gasteiger partial charge in [0.25, 0.3) is 11.8 Å². The predicted octanol–water partition coefficient (Wildman–Crippen LogP) is 2.68. The van der Waals surface area contributed by atoms with Crippen LogP contribution in [-0.2, 0) is 0 Å². The first-order chi connectivity index (χ1) is 13.8. The SMILES string of the molecule is O=C(c1ccoc1)N1CC[C@H](n2cc(-c3nc(-c4ccccc4)no3)nn2)C1. The topological polar surface area (TPSA) is 103 Å². The number of furan rings is 1. The normalized spacial score (nSPS) is 16.6. The molecule has 4 heterocycles. The van der Waals surface area contributed by atoms with E-state index >= 15 is 0 Å². The van der Waals surface area contributed by atoms with Gasteiger partial charge in [-0.25, -0.2) is 4.68 Å². The van der Waals surface area contributed by atoms with E-state index in [0.29, 0.717) is 36.1 Å². The second-order valence-corrected chi connectivity index (χ2v) is 6.58. The highest BCUT2D eigenvalue weighted by atomic mass is 16.5. The molecule has 140 valence electrons. The molecule has 9 heteroatoms. The first-order valence-corrected chi connectivity index (χ1v) is 8.91.